The van der Waals surface area contributed by atoms with Gasteiger partial charge in [-0.05, 0) is 50.2 Å². The van der Waals surface area contributed by atoms with E-state index >= 15 is 0 Å². The maximum atomic E-state index is 12.8. The van der Waals surface area contributed by atoms with E-state index in [4.69, 9.17) is 21.2 Å². The molecule has 0 spiro atoms. The van der Waals surface area contributed by atoms with Crippen molar-refractivity contribution < 1.29 is 34.5 Å². The minimum atomic E-state index is -1.93. The molecule has 0 aromatic heterocycles. The lowest BCUT2D eigenvalue weighted by atomic mass is 9.49. The first-order valence-corrected chi connectivity index (χ1v) is 13.3. The zero-order valence-electron chi connectivity index (χ0n) is 21.9. The third kappa shape index (κ3) is 3.59. The fraction of sp³-hybridized carbons (Fsp3) is 0.571. The number of ether oxygens (including phenoxy) is 1. The Balaban J connectivity index is 1.79. The molecule has 1 saturated carbocycles. The number of fused-ring (bicyclic) bond motifs is 4. The van der Waals surface area contributed by atoms with Crippen LogP contribution in [0.3, 0.4) is 0 Å². The number of carbonyl (C=O) groups excluding carboxylic acids is 1. The fourth-order valence-corrected chi connectivity index (χ4v) is 8.10. The van der Waals surface area contributed by atoms with Gasteiger partial charge >= 0.3 is 5.97 Å². The molecule has 2 heterocycles. The van der Waals surface area contributed by atoms with E-state index in [2.05, 4.69) is 11.9 Å². The second-order valence-corrected chi connectivity index (χ2v) is 11.8. The standard InChI is InChI=1S/C28H35ClN2O7/c1-13(2)16-10-9-15(4)27(35)18(16)11-14(3)24(37-12-32)21(27)20-22(25(33)34)30-26-28(20,36)17-7-6-8-19(29)23(17)31(5)38-26/h6-8,11-12,15-16,18,20-22,24,26,30,35-36H,1,9-10H2,2-5H3,(H,33,34)/t15-,16+,18+,20+,21?,22+,24?,26-,27-,28+/m1/s1. The minimum Gasteiger partial charge on any atom is -0.480 e. The van der Waals surface area contributed by atoms with Crippen molar-refractivity contribution in [2.24, 2.45) is 29.6 Å². The van der Waals surface area contributed by atoms with E-state index in [1.807, 2.05) is 26.8 Å². The van der Waals surface area contributed by atoms with Crippen LogP contribution in [-0.4, -0.2) is 58.8 Å². The number of hydrogen-bond donors (Lipinski definition) is 4. The predicted octanol–water partition coefficient (Wildman–Crippen LogP) is 2.99. The lowest BCUT2D eigenvalue weighted by Crippen LogP contribution is -2.67. The largest absolute Gasteiger partial charge is 0.480 e. The van der Waals surface area contributed by atoms with Crippen LogP contribution in [-0.2, 0) is 24.8 Å². The van der Waals surface area contributed by atoms with Crippen LogP contribution in [0.1, 0.15) is 39.2 Å². The van der Waals surface area contributed by atoms with E-state index in [1.54, 1.807) is 25.2 Å². The molecule has 0 amide bonds. The molecule has 2 fully saturated rings. The maximum Gasteiger partial charge on any atom is 0.321 e. The summed E-state index contributed by atoms with van der Waals surface area (Å²) in [5.41, 5.74) is -1.08. The van der Waals surface area contributed by atoms with Gasteiger partial charge in [-0.15, -0.1) is 0 Å². The molecule has 0 bridgehead atoms. The molecule has 2 aliphatic carbocycles. The summed E-state index contributed by atoms with van der Waals surface area (Å²) in [6, 6.07) is 3.70. The molecule has 4 aliphatic rings. The molecule has 1 aromatic rings. The van der Waals surface area contributed by atoms with Crippen LogP contribution in [0.15, 0.2) is 42.0 Å². The topological polar surface area (TPSA) is 129 Å². The summed E-state index contributed by atoms with van der Waals surface area (Å²) in [5.74, 6) is -4.15. The lowest BCUT2D eigenvalue weighted by Gasteiger charge is -2.59. The number of carbonyl (C=O) groups is 2. The van der Waals surface area contributed by atoms with Crippen LogP contribution in [0, 0.1) is 29.6 Å². The number of hydrogen-bond acceptors (Lipinski definition) is 8. The number of halogens is 1. The molecular formula is C28H35ClN2O7. The molecule has 2 unspecified atom stereocenters. The van der Waals surface area contributed by atoms with Gasteiger partial charge in [0.1, 0.15) is 17.7 Å². The highest BCUT2D eigenvalue weighted by Crippen LogP contribution is 2.61. The van der Waals surface area contributed by atoms with Crippen molar-refractivity contribution in [3.63, 3.8) is 0 Å². The van der Waals surface area contributed by atoms with Crippen molar-refractivity contribution in [1.82, 2.24) is 5.32 Å². The third-order valence-electron chi connectivity index (χ3n) is 9.50. The van der Waals surface area contributed by atoms with Gasteiger partial charge in [-0.3, -0.25) is 24.8 Å². The second kappa shape index (κ2) is 9.34. The summed E-state index contributed by atoms with van der Waals surface area (Å²) in [4.78, 5) is 30.6. The Labute approximate surface area is 227 Å². The molecule has 38 heavy (non-hydrogen) atoms. The van der Waals surface area contributed by atoms with Crippen LogP contribution in [0.5, 0.6) is 0 Å². The van der Waals surface area contributed by atoms with Gasteiger partial charge in [-0.2, -0.15) is 0 Å². The van der Waals surface area contributed by atoms with Gasteiger partial charge in [0.2, 0.25) is 0 Å². The number of aliphatic hydroxyl groups is 2. The number of carboxylic acid groups (broad SMARTS) is 1. The van der Waals surface area contributed by atoms with E-state index in [-0.39, 0.29) is 11.8 Å². The maximum absolute atomic E-state index is 12.8. The number of benzene rings is 1. The van der Waals surface area contributed by atoms with Crippen LogP contribution in [0.25, 0.3) is 0 Å². The zero-order valence-corrected chi connectivity index (χ0v) is 22.7. The first-order chi connectivity index (χ1) is 17.9. The average molecular weight is 547 g/mol. The normalized spacial score (nSPS) is 41.9. The van der Waals surface area contributed by atoms with Gasteiger partial charge in [-0.1, -0.05) is 48.9 Å². The zero-order chi connectivity index (χ0) is 27.7. The number of rotatable bonds is 5. The Kier molecular flexibility index (Phi) is 6.68. The first-order valence-electron chi connectivity index (χ1n) is 12.9. The first kappa shape index (κ1) is 27.1. The minimum absolute atomic E-state index is 0.0654. The highest BCUT2D eigenvalue weighted by atomic mass is 35.5. The molecular weight excluding hydrogens is 512 g/mol. The number of nitrogens with one attached hydrogen (secondary N) is 1. The van der Waals surface area contributed by atoms with E-state index in [0.717, 1.165) is 12.0 Å². The van der Waals surface area contributed by atoms with Crippen molar-refractivity contribution in [1.29, 1.82) is 0 Å². The summed E-state index contributed by atoms with van der Waals surface area (Å²) >= 11 is 6.53. The van der Waals surface area contributed by atoms with Crippen LogP contribution < -0.4 is 10.4 Å². The molecule has 10 heteroatoms. The SMILES string of the molecule is C=C(C)[C@@H]1CC[C@@H](C)[C@]2(O)C([C@H]3[C@@H](C(=O)O)N[C@@H]4ON(C)c5c(Cl)cccc5[C@@]43O)C(OC=O)C(C)=C[C@@H]12. The van der Waals surface area contributed by atoms with Crippen molar-refractivity contribution in [3.8, 4) is 0 Å². The Bertz CT molecular complexity index is 1210. The molecule has 5 rings (SSSR count). The molecule has 2 aliphatic heterocycles. The van der Waals surface area contributed by atoms with Crippen molar-refractivity contribution in [2.45, 2.75) is 63.2 Å². The summed E-state index contributed by atoms with van der Waals surface area (Å²) in [7, 11) is 1.63. The molecule has 1 aromatic carbocycles. The van der Waals surface area contributed by atoms with Gasteiger partial charge < -0.3 is 20.1 Å². The Morgan fingerprint density at radius 2 is 2.03 bits per heavy atom. The molecule has 1 saturated heterocycles. The van der Waals surface area contributed by atoms with Gasteiger partial charge in [0.25, 0.3) is 6.47 Å². The fourth-order valence-electron chi connectivity index (χ4n) is 7.81. The Hall–Kier alpha value is -2.43. The summed E-state index contributed by atoms with van der Waals surface area (Å²) in [5, 5.41) is 40.5. The van der Waals surface area contributed by atoms with E-state index in [0.29, 0.717) is 34.7 Å². The number of para-hydroxylation sites is 1. The summed E-state index contributed by atoms with van der Waals surface area (Å²) in [6.07, 6.45) is 1.27. The quantitative estimate of drug-likeness (QED) is 0.325. The Morgan fingerprint density at radius 3 is 2.66 bits per heavy atom. The van der Waals surface area contributed by atoms with E-state index in [9.17, 15) is 24.9 Å². The van der Waals surface area contributed by atoms with Gasteiger partial charge in [0.15, 0.2) is 6.23 Å². The predicted molar refractivity (Wildman–Crippen MR) is 140 cm³/mol. The summed E-state index contributed by atoms with van der Waals surface area (Å²) in [6.45, 7) is 10.2. The highest BCUT2D eigenvalue weighted by Gasteiger charge is 2.71. The average Bonchev–Trinajstić information content (AvgIpc) is 3.14. The number of hydroxylamine groups is 1. The highest BCUT2D eigenvalue weighted by molar-refractivity contribution is 6.33. The van der Waals surface area contributed by atoms with Crippen LogP contribution in [0.2, 0.25) is 5.02 Å². The number of nitrogens with zero attached hydrogens (tertiary/aromatic N) is 1. The lowest BCUT2D eigenvalue weighted by molar-refractivity contribution is -0.221. The summed E-state index contributed by atoms with van der Waals surface area (Å²) < 4.78 is 5.62. The van der Waals surface area contributed by atoms with Crippen molar-refractivity contribution in [3.05, 3.63) is 52.6 Å². The van der Waals surface area contributed by atoms with E-state index < -0.39 is 53.3 Å². The Morgan fingerprint density at radius 1 is 1.32 bits per heavy atom. The molecule has 10 atom stereocenters. The number of carboxylic acids is 1. The van der Waals surface area contributed by atoms with Crippen molar-refractivity contribution in [2.75, 3.05) is 12.1 Å². The smallest absolute Gasteiger partial charge is 0.321 e. The number of aliphatic carboxylic acids is 1. The van der Waals surface area contributed by atoms with Gasteiger partial charge in [0.05, 0.1) is 16.3 Å². The number of allylic oxidation sites excluding steroid dienone is 1. The monoisotopic (exact) mass is 546 g/mol. The second-order valence-electron chi connectivity index (χ2n) is 11.4. The molecule has 206 valence electrons. The van der Waals surface area contributed by atoms with Gasteiger partial charge in [-0.25, -0.2) is 0 Å². The van der Waals surface area contributed by atoms with Gasteiger partial charge in [0, 0.05) is 30.4 Å². The van der Waals surface area contributed by atoms with Crippen LogP contribution in [0.4, 0.5) is 5.69 Å². The number of anilines is 1. The van der Waals surface area contributed by atoms with Crippen LogP contribution >= 0.6 is 11.6 Å². The third-order valence-corrected chi connectivity index (χ3v) is 9.81. The molecule has 0 radical (unpaired) electrons. The van der Waals surface area contributed by atoms with Crippen molar-refractivity contribution >= 4 is 29.7 Å². The van der Waals surface area contributed by atoms with E-state index in [1.165, 1.54) is 5.06 Å². The molecule has 4 N–H and O–H groups in total. The molecule has 9 nitrogen and oxygen atoms in total.